The van der Waals surface area contributed by atoms with Crippen LogP contribution in [0.1, 0.15) is 70.6 Å². The minimum atomic E-state index is -1.06. The predicted molar refractivity (Wildman–Crippen MR) is 179 cm³/mol. The molecular weight excluding hydrogens is 594 g/mol. The Balaban J connectivity index is 1.33. The van der Waals surface area contributed by atoms with Crippen molar-refractivity contribution in [3.8, 4) is 11.1 Å². The van der Waals surface area contributed by atoms with Crippen LogP contribution in [0.4, 0.5) is 4.79 Å². The predicted octanol–water partition coefficient (Wildman–Crippen LogP) is 5.61. The van der Waals surface area contributed by atoms with Crippen LogP contribution < -0.4 is 10.6 Å². The molecule has 2 aliphatic rings. The lowest BCUT2D eigenvalue weighted by Crippen LogP contribution is -2.57. The summed E-state index contributed by atoms with van der Waals surface area (Å²) in [4.78, 5) is 55.2. The summed E-state index contributed by atoms with van der Waals surface area (Å²) in [6.07, 6.45) is -0.530. The summed E-state index contributed by atoms with van der Waals surface area (Å²) in [6.45, 7) is 11.0. The molecule has 0 spiro atoms. The second kappa shape index (κ2) is 14.1. The van der Waals surface area contributed by atoms with Gasteiger partial charge in [0.15, 0.2) is 0 Å². The number of benzene rings is 3. The fourth-order valence-electron chi connectivity index (χ4n) is 6.72. The van der Waals surface area contributed by atoms with Crippen LogP contribution in [0.15, 0.2) is 78.9 Å². The molecule has 0 unspecified atom stereocenters. The van der Waals surface area contributed by atoms with E-state index >= 15 is 0 Å². The smallest absolute Gasteiger partial charge is 0.407 e. The summed E-state index contributed by atoms with van der Waals surface area (Å²) in [6, 6.07) is 22.7. The molecule has 0 saturated carbocycles. The lowest BCUT2D eigenvalue weighted by molar-refractivity contribution is -0.157. The fourth-order valence-corrected chi connectivity index (χ4v) is 6.72. The van der Waals surface area contributed by atoms with Gasteiger partial charge in [0.05, 0.1) is 6.04 Å². The quantitative estimate of drug-likeness (QED) is 0.277. The van der Waals surface area contributed by atoms with E-state index in [-0.39, 0.29) is 37.2 Å². The largest absolute Gasteiger partial charge is 0.459 e. The van der Waals surface area contributed by atoms with Crippen LogP contribution in [0.3, 0.4) is 0 Å². The number of likely N-dealkylation sites (tertiary alicyclic amines) is 1. The number of hydrogen-bond acceptors (Lipinski definition) is 7. The molecule has 1 aliphatic carbocycles. The Morgan fingerprint density at radius 2 is 1.45 bits per heavy atom. The van der Waals surface area contributed by atoms with E-state index in [1.807, 2.05) is 80.6 Å². The number of alkyl carbamates (subject to hydrolysis) is 1. The highest BCUT2D eigenvalue weighted by atomic mass is 16.6. The summed E-state index contributed by atoms with van der Waals surface area (Å²) < 4.78 is 11.3. The minimum Gasteiger partial charge on any atom is -0.459 e. The topological polar surface area (TPSA) is 114 Å². The Hall–Kier alpha value is -4.50. The van der Waals surface area contributed by atoms with Crippen molar-refractivity contribution in [1.29, 1.82) is 0 Å². The zero-order chi connectivity index (χ0) is 33.9. The Bertz CT molecular complexity index is 1570. The molecule has 47 heavy (non-hydrogen) atoms. The molecule has 3 aromatic rings. The molecule has 1 fully saturated rings. The summed E-state index contributed by atoms with van der Waals surface area (Å²) in [5, 5.41) is 6.04. The second-order valence-corrected chi connectivity index (χ2v) is 13.8. The number of nitrogens with one attached hydrogen (secondary N) is 2. The molecule has 9 nitrogen and oxygen atoms in total. The van der Waals surface area contributed by atoms with E-state index < -0.39 is 47.7 Å². The highest BCUT2D eigenvalue weighted by Gasteiger charge is 2.47. The van der Waals surface area contributed by atoms with Crippen LogP contribution >= 0.6 is 0 Å². The van der Waals surface area contributed by atoms with E-state index in [0.29, 0.717) is 0 Å². The summed E-state index contributed by atoms with van der Waals surface area (Å²) in [7, 11) is 0. The van der Waals surface area contributed by atoms with E-state index in [1.54, 1.807) is 27.7 Å². The van der Waals surface area contributed by atoms with E-state index in [9.17, 15) is 19.2 Å². The number of rotatable bonds is 10. The Kier molecular flexibility index (Phi) is 10.2. The lowest BCUT2D eigenvalue weighted by atomic mass is 9.95. The first-order valence-corrected chi connectivity index (χ1v) is 16.3. The van der Waals surface area contributed by atoms with Crippen LogP contribution in [0, 0.1) is 5.92 Å². The first kappa shape index (κ1) is 33.9. The van der Waals surface area contributed by atoms with E-state index in [4.69, 9.17) is 9.47 Å². The molecule has 4 atom stereocenters. The molecule has 5 rings (SSSR count). The third-order valence-electron chi connectivity index (χ3n) is 8.74. The van der Waals surface area contributed by atoms with Crippen LogP contribution in [0.5, 0.6) is 0 Å². The fraction of sp³-hybridized carbons (Fsp3) is 0.421. The molecule has 2 N–H and O–H groups in total. The molecule has 248 valence electrons. The molecule has 3 amide bonds. The second-order valence-electron chi connectivity index (χ2n) is 13.8. The van der Waals surface area contributed by atoms with Crippen molar-refractivity contribution in [2.75, 3.05) is 6.61 Å². The number of carbonyl (C=O) groups excluding carboxylic acids is 4. The van der Waals surface area contributed by atoms with Gasteiger partial charge in [-0.25, -0.2) is 4.79 Å². The standard InChI is InChI=1S/C38H45N3O6/c1-23(2)34-31(39-24(3)36(44)47-38(4,5)6)21-33(42)41(34)35(43)32(20-25-14-8-7-9-15-25)40-37(45)46-22-30-28-18-12-10-16-26(28)27-17-11-13-19-29(27)30/h7-19,23-24,30-32,34,39H,20-22H2,1-6H3,(H,40,45)/t24-,31-,32-,34-/m0/s1. The van der Waals surface area contributed by atoms with Crippen molar-refractivity contribution in [2.24, 2.45) is 5.92 Å². The van der Waals surface area contributed by atoms with Gasteiger partial charge in [-0.05, 0) is 61.4 Å². The number of carbonyl (C=O) groups is 4. The monoisotopic (exact) mass is 639 g/mol. The number of esters is 1. The van der Waals surface area contributed by atoms with Gasteiger partial charge in [0.1, 0.15) is 24.3 Å². The van der Waals surface area contributed by atoms with Gasteiger partial charge in [-0.2, -0.15) is 0 Å². The van der Waals surface area contributed by atoms with Crippen molar-refractivity contribution < 1.29 is 28.7 Å². The van der Waals surface area contributed by atoms with Crippen LogP contribution in [0.25, 0.3) is 11.1 Å². The number of hydrogen-bond donors (Lipinski definition) is 2. The van der Waals surface area contributed by atoms with Crippen molar-refractivity contribution in [3.63, 3.8) is 0 Å². The zero-order valence-electron chi connectivity index (χ0n) is 28.0. The highest BCUT2D eigenvalue weighted by Crippen LogP contribution is 2.44. The maximum absolute atomic E-state index is 14.3. The molecule has 0 aromatic heterocycles. The molecular formula is C38H45N3O6. The Morgan fingerprint density at radius 3 is 2.02 bits per heavy atom. The molecule has 1 saturated heterocycles. The molecule has 3 aromatic carbocycles. The Morgan fingerprint density at radius 1 is 0.872 bits per heavy atom. The number of imide groups is 1. The van der Waals surface area contributed by atoms with Gasteiger partial charge in [0.25, 0.3) is 5.91 Å². The van der Waals surface area contributed by atoms with Crippen molar-refractivity contribution in [3.05, 3.63) is 95.6 Å². The van der Waals surface area contributed by atoms with Crippen LogP contribution in [-0.2, 0) is 30.3 Å². The van der Waals surface area contributed by atoms with Gasteiger partial charge in [-0.15, -0.1) is 0 Å². The maximum atomic E-state index is 14.3. The molecule has 1 aliphatic heterocycles. The van der Waals surface area contributed by atoms with Crippen molar-refractivity contribution >= 4 is 23.9 Å². The maximum Gasteiger partial charge on any atom is 0.407 e. The first-order chi connectivity index (χ1) is 22.3. The zero-order valence-corrected chi connectivity index (χ0v) is 28.0. The first-order valence-electron chi connectivity index (χ1n) is 16.3. The number of fused-ring (bicyclic) bond motifs is 3. The molecule has 1 heterocycles. The van der Waals surface area contributed by atoms with Gasteiger partial charge in [-0.3, -0.25) is 24.6 Å². The van der Waals surface area contributed by atoms with Gasteiger partial charge < -0.3 is 14.8 Å². The normalized spacial score (nSPS) is 18.8. The minimum absolute atomic E-state index is 0.0325. The molecule has 0 radical (unpaired) electrons. The number of ether oxygens (including phenoxy) is 2. The molecule has 0 bridgehead atoms. The highest BCUT2D eigenvalue weighted by molar-refractivity contribution is 6.01. The van der Waals surface area contributed by atoms with Gasteiger partial charge >= 0.3 is 12.1 Å². The summed E-state index contributed by atoms with van der Waals surface area (Å²) in [5.41, 5.74) is 4.56. The van der Waals surface area contributed by atoms with Gasteiger partial charge in [0.2, 0.25) is 5.91 Å². The van der Waals surface area contributed by atoms with E-state index in [0.717, 1.165) is 27.8 Å². The number of nitrogens with zero attached hydrogens (tertiary/aromatic N) is 1. The number of amides is 3. The average Bonchev–Trinajstić information content (AvgIpc) is 3.53. The molecule has 9 heteroatoms. The van der Waals surface area contributed by atoms with Gasteiger partial charge in [0, 0.05) is 24.8 Å². The van der Waals surface area contributed by atoms with Crippen LogP contribution in [-0.4, -0.2) is 65.2 Å². The average molecular weight is 640 g/mol. The van der Waals surface area contributed by atoms with Crippen molar-refractivity contribution in [1.82, 2.24) is 15.5 Å². The summed E-state index contributed by atoms with van der Waals surface area (Å²) >= 11 is 0. The third kappa shape index (κ3) is 7.73. The Labute approximate surface area is 277 Å². The van der Waals surface area contributed by atoms with Crippen molar-refractivity contribution in [2.45, 2.75) is 90.1 Å². The third-order valence-corrected chi connectivity index (χ3v) is 8.74. The SMILES string of the molecule is CC(C)[C@H]1[C@@H](N[C@@H](C)C(=O)OC(C)(C)C)CC(=O)N1C(=O)[C@H](Cc1ccccc1)NC(=O)OCC1c2ccccc2-c2ccccc21. The van der Waals surface area contributed by atoms with Crippen LogP contribution in [0.2, 0.25) is 0 Å². The summed E-state index contributed by atoms with van der Waals surface area (Å²) in [5.74, 6) is -1.58. The van der Waals surface area contributed by atoms with Gasteiger partial charge in [-0.1, -0.05) is 92.7 Å². The van der Waals surface area contributed by atoms with E-state index in [1.165, 1.54) is 4.90 Å². The lowest BCUT2D eigenvalue weighted by Gasteiger charge is -2.34. The van der Waals surface area contributed by atoms with E-state index in [2.05, 4.69) is 22.8 Å².